The summed E-state index contributed by atoms with van der Waals surface area (Å²) >= 11 is 0.134. The molecule has 0 amide bonds. The number of hydrogen-bond acceptors (Lipinski definition) is 7. The van der Waals surface area contributed by atoms with Crippen LogP contribution in [0.1, 0.15) is 11.1 Å². The maximum atomic E-state index is 14.3. The number of alkyl halides is 2. The molecule has 4 aromatic rings. The van der Waals surface area contributed by atoms with E-state index in [1.807, 2.05) is 0 Å². The van der Waals surface area contributed by atoms with E-state index in [9.17, 15) is 22.4 Å². The van der Waals surface area contributed by atoms with Crippen LogP contribution < -0.4 is 16.1 Å². The number of hydrogen-bond donors (Lipinski definition) is 1. The first-order valence-corrected chi connectivity index (χ1v) is 9.93. The van der Waals surface area contributed by atoms with Crippen molar-refractivity contribution in [1.82, 2.24) is 9.97 Å². The zero-order valence-electron chi connectivity index (χ0n) is 16.0. The van der Waals surface area contributed by atoms with Gasteiger partial charge < -0.3 is 14.9 Å². The van der Waals surface area contributed by atoms with Crippen molar-refractivity contribution in [2.75, 3.05) is 5.73 Å². The maximum Gasteiger partial charge on any atom is 0.340 e. The van der Waals surface area contributed by atoms with E-state index in [1.165, 1.54) is 42.7 Å². The molecule has 164 valence electrons. The fourth-order valence-corrected chi connectivity index (χ4v) is 3.79. The Morgan fingerprint density at radius 1 is 1.12 bits per heavy atom. The van der Waals surface area contributed by atoms with Gasteiger partial charge >= 0.3 is 5.63 Å². The van der Waals surface area contributed by atoms with Gasteiger partial charge in [-0.05, 0) is 35.9 Å². The third-order valence-electron chi connectivity index (χ3n) is 4.43. The Balaban J connectivity index is 1.81. The van der Waals surface area contributed by atoms with Crippen molar-refractivity contribution in [2.45, 2.75) is 17.1 Å². The highest BCUT2D eigenvalue weighted by Crippen LogP contribution is 2.37. The number of rotatable bonds is 6. The molecule has 0 aliphatic rings. The molecule has 0 radical (unpaired) electrons. The van der Waals surface area contributed by atoms with Gasteiger partial charge in [-0.1, -0.05) is 11.8 Å². The number of pyridine rings is 2. The molecule has 0 atom stereocenters. The van der Waals surface area contributed by atoms with Gasteiger partial charge in [-0.3, -0.25) is 0 Å². The Bertz CT molecular complexity index is 1360. The molecule has 0 aliphatic heterocycles. The van der Waals surface area contributed by atoms with E-state index >= 15 is 0 Å². The molecule has 4 rings (SSSR count). The highest BCUT2D eigenvalue weighted by Gasteiger charge is 2.21. The van der Waals surface area contributed by atoms with Crippen molar-refractivity contribution in [2.24, 2.45) is 0 Å². The van der Waals surface area contributed by atoms with Crippen molar-refractivity contribution >= 4 is 28.5 Å². The zero-order valence-corrected chi connectivity index (χ0v) is 16.8. The molecule has 0 bridgehead atoms. The second-order valence-electron chi connectivity index (χ2n) is 6.47. The number of benzene rings is 1. The van der Waals surface area contributed by atoms with E-state index in [1.54, 1.807) is 0 Å². The van der Waals surface area contributed by atoms with Crippen LogP contribution in [0.3, 0.4) is 0 Å². The van der Waals surface area contributed by atoms with Crippen molar-refractivity contribution in [3.8, 4) is 11.6 Å². The molecule has 6 nitrogen and oxygen atoms in total. The number of nitrogen functional groups attached to an aromatic ring is 1. The van der Waals surface area contributed by atoms with Gasteiger partial charge in [0.15, 0.2) is 17.5 Å². The van der Waals surface area contributed by atoms with Crippen LogP contribution >= 0.6 is 11.8 Å². The summed E-state index contributed by atoms with van der Waals surface area (Å²) in [5.41, 5.74) is 4.31. The van der Waals surface area contributed by atoms with Crippen molar-refractivity contribution in [3.05, 3.63) is 82.0 Å². The Kier molecular flexibility index (Phi) is 5.99. The first-order valence-electron chi connectivity index (χ1n) is 9.05. The molecule has 0 aliphatic carbocycles. The average molecular weight is 463 g/mol. The number of aromatic nitrogens is 2. The van der Waals surface area contributed by atoms with Crippen LogP contribution in [-0.2, 0) is 6.42 Å². The molecule has 0 spiro atoms. The number of nitrogens with two attached hydrogens (primary N) is 1. The molecule has 11 heteroatoms. The van der Waals surface area contributed by atoms with Gasteiger partial charge in [-0.15, -0.1) is 0 Å². The predicted octanol–water partition coefficient (Wildman–Crippen LogP) is 5.14. The molecule has 1 aromatic carbocycles. The van der Waals surface area contributed by atoms with E-state index in [0.29, 0.717) is 0 Å². The summed E-state index contributed by atoms with van der Waals surface area (Å²) in [4.78, 5) is 19.9. The third-order valence-corrected chi connectivity index (χ3v) is 5.31. The van der Waals surface area contributed by atoms with Crippen molar-refractivity contribution in [1.29, 1.82) is 0 Å². The molecule has 0 saturated carbocycles. The maximum absolute atomic E-state index is 14.3. The summed E-state index contributed by atoms with van der Waals surface area (Å²) in [7, 11) is 0. The minimum absolute atomic E-state index is 0.00541. The topological polar surface area (TPSA) is 91.2 Å². The molecule has 0 unspecified atom stereocenters. The standard InChI is InChI=1S/C21H13F4N3O3S/c22-14-2-1-6-28-19(14)30-11-3-4-12-15(9-11)31-20(29)13(17(12)32-21(24)25)8-10-5-7-27-18(26)16(10)23/h1-7,9,21H,8H2,(H2,26,27). The van der Waals surface area contributed by atoms with E-state index in [4.69, 9.17) is 14.9 Å². The largest absolute Gasteiger partial charge is 0.436 e. The zero-order chi connectivity index (χ0) is 22.8. The molecule has 0 fully saturated rings. The Morgan fingerprint density at radius 3 is 2.69 bits per heavy atom. The number of halogens is 4. The predicted molar refractivity (Wildman–Crippen MR) is 110 cm³/mol. The molecule has 3 aromatic heterocycles. The number of nitrogens with zero attached hydrogens (tertiary/aromatic N) is 2. The third kappa shape index (κ3) is 4.37. The van der Waals surface area contributed by atoms with Gasteiger partial charge in [0.25, 0.3) is 11.6 Å². The van der Waals surface area contributed by atoms with Gasteiger partial charge in [0.05, 0.1) is 5.56 Å². The van der Waals surface area contributed by atoms with Crippen molar-refractivity contribution < 1.29 is 26.7 Å². The van der Waals surface area contributed by atoms with Crippen LogP contribution in [0.5, 0.6) is 11.6 Å². The lowest BCUT2D eigenvalue weighted by Gasteiger charge is -2.13. The van der Waals surface area contributed by atoms with Crippen LogP contribution in [0.25, 0.3) is 11.0 Å². The summed E-state index contributed by atoms with van der Waals surface area (Å²) in [6.07, 6.45) is 2.24. The van der Waals surface area contributed by atoms with Gasteiger partial charge in [0, 0.05) is 35.2 Å². The smallest absolute Gasteiger partial charge is 0.340 e. The normalized spacial score (nSPS) is 11.3. The lowest BCUT2D eigenvalue weighted by molar-refractivity contribution is 0.252. The molecular formula is C21H13F4N3O3S. The molecule has 32 heavy (non-hydrogen) atoms. The summed E-state index contributed by atoms with van der Waals surface area (Å²) in [5, 5.41) is 0.182. The second-order valence-corrected chi connectivity index (χ2v) is 7.47. The van der Waals surface area contributed by atoms with Crippen LogP contribution in [-0.4, -0.2) is 15.7 Å². The Hall–Kier alpha value is -3.60. The van der Waals surface area contributed by atoms with E-state index < -0.39 is 23.0 Å². The monoisotopic (exact) mass is 463 g/mol. The highest BCUT2D eigenvalue weighted by atomic mass is 32.2. The summed E-state index contributed by atoms with van der Waals surface area (Å²) in [6.45, 7) is 0. The minimum atomic E-state index is -2.86. The molecule has 3 heterocycles. The summed E-state index contributed by atoms with van der Waals surface area (Å²) in [5.74, 6) is -5.02. The minimum Gasteiger partial charge on any atom is -0.436 e. The quantitative estimate of drug-likeness (QED) is 0.240. The van der Waals surface area contributed by atoms with Crippen LogP contribution in [0.15, 0.2) is 62.9 Å². The van der Waals surface area contributed by atoms with Crippen LogP contribution in [0.4, 0.5) is 23.4 Å². The average Bonchev–Trinajstić information content (AvgIpc) is 2.75. The van der Waals surface area contributed by atoms with Crippen LogP contribution in [0.2, 0.25) is 0 Å². The number of ether oxygens (including phenoxy) is 1. The molecule has 2 N–H and O–H groups in total. The van der Waals surface area contributed by atoms with Crippen molar-refractivity contribution in [3.63, 3.8) is 0 Å². The van der Waals surface area contributed by atoms with E-state index in [2.05, 4.69) is 9.97 Å². The Labute approximate surface area is 182 Å². The SMILES string of the molecule is Nc1nccc(Cc2c(SC(F)F)c3ccc(Oc4ncccc4F)cc3oc2=O)c1F. The number of anilines is 1. The van der Waals surface area contributed by atoms with Gasteiger partial charge in [0.2, 0.25) is 0 Å². The molecular weight excluding hydrogens is 450 g/mol. The second kappa shape index (κ2) is 8.87. The lowest BCUT2D eigenvalue weighted by atomic mass is 10.1. The summed E-state index contributed by atoms with van der Waals surface area (Å²) in [6, 6.07) is 7.87. The fraction of sp³-hybridized carbons (Fsp3) is 0.0952. The number of thioether (sulfide) groups is 1. The van der Waals surface area contributed by atoms with Crippen LogP contribution in [0, 0.1) is 11.6 Å². The number of fused-ring (bicyclic) bond motifs is 1. The highest BCUT2D eigenvalue weighted by molar-refractivity contribution is 7.99. The van der Waals surface area contributed by atoms with E-state index in [-0.39, 0.29) is 62.6 Å². The fourth-order valence-electron chi connectivity index (χ4n) is 3.02. The summed E-state index contributed by atoms with van der Waals surface area (Å²) < 4.78 is 65.3. The van der Waals surface area contributed by atoms with E-state index in [0.717, 1.165) is 6.07 Å². The van der Waals surface area contributed by atoms with Gasteiger partial charge in [0.1, 0.15) is 11.3 Å². The van der Waals surface area contributed by atoms with Gasteiger partial charge in [-0.25, -0.2) is 23.5 Å². The first-order chi connectivity index (χ1) is 15.3. The Morgan fingerprint density at radius 2 is 1.94 bits per heavy atom. The van der Waals surface area contributed by atoms with Gasteiger partial charge in [-0.2, -0.15) is 8.78 Å². The molecule has 0 saturated heterocycles. The first kappa shape index (κ1) is 21.6. The lowest BCUT2D eigenvalue weighted by Crippen LogP contribution is -2.12.